The summed E-state index contributed by atoms with van der Waals surface area (Å²) in [5.74, 6) is 0.893. The van der Waals surface area contributed by atoms with Gasteiger partial charge in [-0.15, -0.1) is 0 Å². The monoisotopic (exact) mass is 391 g/mol. The Balaban J connectivity index is 2.11. The molecule has 0 aliphatic rings. The van der Waals surface area contributed by atoms with Gasteiger partial charge >= 0.3 is 0 Å². The van der Waals surface area contributed by atoms with Crippen molar-refractivity contribution in [2.24, 2.45) is 5.10 Å². The third-order valence-corrected chi connectivity index (χ3v) is 3.68. The van der Waals surface area contributed by atoms with E-state index in [4.69, 9.17) is 15.2 Å². The number of hydrogen-bond donors (Lipinski definition) is 2. The fraction of sp³-hybridized carbons (Fsp3) is 0.176. The Morgan fingerprint density at radius 3 is 2.67 bits per heavy atom. The summed E-state index contributed by atoms with van der Waals surface area (Å²) in [5.41, 5.74) is 9.89. The standard InChI is InChI=1S/C17H18BrN3O3/c1-3-24-15-9-11(8-14(18)16(15)23-2)10-20-21-17(22)12-4-6-13(19)7-5-12/h4-10H,3,19H2,1-2H3,(H,21,22)/b20-10-. The van der Waals surface area contributed by atoms with Crippen LogP contribution in [0, 0.1) is 0 Å². The number of ether oxygens (including phenoxy) is 2. The van der Waals surface area contributed by atoms with E-state index in [9.17, 15) is 4.79 Å². The van der Waals surface area contributed by atoms with Crippen LogP contribution in [0.3, 0.4) is 0 Å². The summed E-state index contributed by atoms with van der Waals surface area (Å²) in [4.78, 5) is 12.0. The maximum atomic E-state index is 12.0. The summed E-state index contributed by atoms with van der Waals surface area (Å²) in [6.45, 7) is 2.40. The highest BCUT2D eigenvalue weighted by Gasteiger charge is 2.10. The van der Waals surface area contributed by atoms with E-state index in [2.05, 4.69) is 26.5 Å². The van der Waals surface area contributed by atoms with Crippen LogP contribution in [0.25, 0.3) is 0 Å². The number of benzene rings is 2. The van der Waals surface area contributed by atoms with Crippen molar-refractivity contribution >= 4 is 33.7 Å². The number of carbonyl (C=O) groups is 1. The number of nitrogens with one attached hydrogen (secondary N) is 1. The molecule has 1 amide bonds. The van der Waals surface area contributed by atoms with Gasteiger partial charge in [-0.05, 0) is 64.8 Å². The molecule has 0 bridgehead atoms. The zero-order chi connectivity index (χ0) is 17.5. The van der Waals surface area contributed by atoms with Crippen molar-refractivity contribution in [3.8, 4) is 11.5 Å². The number of carbonyl (C=O) groups excluding carboxylic acids is 1. The molecule has 0 spiro atoms. The maximum absolute atomic E-state index is 12.0. The molecule has 2 aromatic rings. The molecule has 3 N–H and O–H groups in total. The first kappa shape index (κ1) is 17.8. The van der Waals surface area contributed by atoms with E-state index in [1.807, 2.05) is 13.0 Å². The van der Waals surface area contributed by atoms with Gasteiger partial charge in [-0.3, -0.25) is 4.79 Å². The van der Waals surface area contributed by atoms with Crippen LogP contribution in [0.5, 0.6) is 11.5 Å². The number of rotatable bonds is 6. The highest BCUT2D eigenvalue weighted by molar-refractivity contribution is 9.10. The van der Waals surface area contributed by atoms with Crippen molar-refractivity contribution in [3.63, 3.8) is 0 Å². The predicted molar refractivity (Wildman–Crippen MR) is 97.8 cm³/mol. The van der Waals surface area contributed by atoms with E-state index >= 15 is 0 Å². The Morgan fingerprint density at radius 2 is 2.04 bits per heavy atom. The molecule has 0 aliphatic carbocycles. The number of amides is 1. The lowest BCUT2D eigenvalue weighted by molar-refractivity contribution is 0.0955. The van der Waals surface area contributed by atoms with Gasteiger partial charge in [0.1, 0.15) is 0 Å². The lowest BCUT2D eigenvalue weighted by Gasteiger charge is -2.11. The third-order valence-electron chi connectivity index (χ3n) is 3.09. The third kappa shape index (κ3) is 4.48. The molecule has 24 heavy (non-hydrogen) atoms. The van der Waals surface area contributed by atoms with Gasteiger partial charge in [0.2, 0.25) is 0 Å². The molecule has 2 aromatic carbocycles. The summed E-state index contributed by atoms with van der Waals surface area (Å²) in [6.07, 6.45) is 1.53. The van der Waals surface area contributed by atoms with Crippen LogP contribution in [-0.4, -0.2) is 25.8 Å². The SMILES string of the molecule is CCOc1cc(/C=N\NC(=O)c2ccc(N)cc2)cc(Br)c1OC. The van der Waals surface area contributed by atoms with Crippen LogP contribution in [0.2, 0.25) is 0 Å². The highest BCUT2D eigenvalue weighted by Crippen LogP contribution is 2.36. The molecular formula is C17H18BrN3O3. The lowest BCUT2D eigenvalue weighted by atomic mass is 10.2. The summed E-state index contributed by atoms with van der Waals surface area (Å²) in [7, 11) is 1.57. The summed E-state index contributed by atoms with van der Waals surface area (Å²) in [5, 5.41) is 3.97. The lowest BCUT2D eigenvalue weighted by Crippen LogP contribution is -2.17. The highest BCUT2D eigenvalue weighted by atomic mass is 79.9. The molecule has 0 atom stereocenters. The Hall–Kier alpha value is -2.54. The van der Waals surface area contributed by atoms with Gasteiger partial charge in [0, 0.05) is 11.3 Å². The predicted octanol–water partition coefficient (Wildman–Crippen LogP) is 3.20. The minimum atomic E-state index is -0.316. The smallest absolute Gasteiger partial charge is 0.271 e. The van der Waals surface area contributed by atoms with E-state index in [0.717, 1.165) is 10.0 Å². The van der Waals surface area contributed by atoms with Crippen LogP contribution in [-0.2, 0) is 0 Å². The molecule has 7 heteroatoms. The van der Waals surface area contributed by atoms with Crippen molar-refractivity contribution < 1.29 is 14.3 Å². The van der Waals surface area contributed by atoms with Gasteiger partial charge in [0.05, 0.1) is 24.4 Å². The molecule has 0 fully saturated rings. The number of hydrazone groups is 1. The topological polar surface area (TPSA) is 85.9 Å². The van der Waals surface area contributed by atoms with E-state index in [1.54, 1.807) is 37.4 Å². The second kappa shape index (κ2) is 8.35. The van der Waals surface area contributed by atoms with Crippen LogP contribution >= 0.6 is 15.9 Å². The molecule has 0 aromatic heterocycles. The maximum Gasteiger partial charge on any atom is 0.271 e. The second-order valence-electron chi connectivity index (χ2n) is 4.79. The van der Waals surface area contributed by atoms with Crippen LogP contribution in [0.15, 0.2) is 46.0 Å². The number of hydrogen-bond acceptors (Lipinski definition) is 5. The quantitative estimate of drug-likeness (QED) is 0.449. The number of nitrogens with zero attached hydrogens (tertiary/aromatic N) is 1. The zero-order valence-electron chi connectivity index (χ0n) is 13.4. The molecular weight excluding hydrogens is 374 g/mol. The molecule has 2 rings (SSSR count). The fourth-order valence-electron chi connectivity index (χ4n) is 1.99. The first-order valence-electron chi connectivity index (χ1n) is 7.24. The largest absolute Gasteiger partial charge is 0.492 e. The summed E-state index contributed by atoms with van der Waals surface area (Å²) in [6, 6.07) is 10.2. The summed E-state index contributed by atoms with van der Waals surface area (Å²) < 4.78 is 11.6. The number of nitrogens with two attached hydrogens (primary N) is 1. The van der Waals surface area contributed by atoms with Gasteiger partial charge in [0.25, 0.3) is 5.91 Å². The average Bonchev–Trinajstić information content (AvgIpc) is 2.55. The Bertz CT molecular complexity index is 745. The number of nitrogen functional groups attached to an aromatic ring is 1. The fourth-order valence-corrected chi connectivity index (χ4v) is 2.61. The van der Waals surface area contributed by atoms with E-state index in [0.29, 0.717) is 29.4 Å². The summed E-state index contributed by atoms with van der Waals surface area (Å²) >= 11 is 3.43. The molecule has 6 nitrogen and oxygen atoms in total. The number of anilines is 1. The van der Waals surface area contributed by atoms with E-state index in [-0.39, 0.29) is 5.91 Å². The van der Waals surface area contributed by atoms with Gasteiger partial charge in [-0.1, -0.05) is 0 Å². The Labute approximate surface area is 148 Å². The van der Waals surface area contributed by atoms with E-state index in [1.165, 1.54) is 6.21 Å². The van der Waals surface area contributed by atoms with E-state index < -0.39 is 0 Å². The van der Waals surface area contributed by atoms with Gasteiger partial charge in [-0.25, -0.2) is 5.43 Å². The Kier molecular flexibility index (Phi) is 6.20. The van der Waals surface area contributed by atoms with Crippen LogP contribution in [0.4, 0.5) is 5.69 Å². The van der Waals surface area contributed by atoms with Crippen molar-refractivity contribution in [2.45, 2.75) is 6.92 Å². The molecule has 0 saturated carbocycles. The first-order chi connectivity index (χ1) is 11.5. The molecule has 0 unspecified atom stereocenters. The Morgan fingerprint density at radius 1 is 1.33 bits per heavy atom. The number of halogens is 1. The number of methoxy groups -OCH3 is 1. The minimum Gasteiger partial charge on any atom is -0.492 e. The van der Waals surface area contributed by atoms with Gasteiger partial charge in [-0.2, -0.15) is 5.10 Å². The second-order valence-corrected chi connectivity index (χ2v) is 5.64. The molecule has 0 aliphatic heterocycles. The van der Waals surface area contributed by atoms with Crippen molar-refractivity contribution in [1.29, 1.82) is 0 Å². The van der Waals surface area contributed by atoms with Crippen LogP contribution < -0.4 is 20.6 Å². The van der Waals surface area contributed by atoms with Crippen molar-refractivity contribution in [1.82, 2.24) is 5.43 Å². The zero-order valence-corrected chi connectivity index (χ0v) is 15.0. The molecule has 0 radical (unpaired) electrons. The van der Waals surface area contributed by atoms with Crippen molar-refractivity contribution in [2.75, 3.05) is 19.5 Å². The van der Waals surface area contributed by atoms with Crippen LogP contribution in [0.1, 0.15) is 22.8 Å². The molecule has 126 valence electrons. The average molecular weight is 392 g/mol. The molecule has 0 saturated heterocycles. The molecule has 0 heterocycles. The minimum absolute atomic E-state index is 0.316. The first-order valence-corrected chi connectivity index (χ1v) is 8.03. The van der Waals surface area contributed by atoms with Gasteiger partial charge in [0.15, 0.2) is 11.5 Å². The normalized spacial score (nSPS) is 10.6. The van der Waals surface area contributed by atoms with Crippen molar-refractivity contribution in [3.05, 3.63) is 52.0 Å². The van der Waals surface area contributed by atoms with Gasteiger partial charge < -0.3 is 15.2 Å².